The van der Waals surface area contributed by atoms with Crippen molar-refractivity contribution in [3.8, 4) is 11.5 Å². The molecule has 1 fully saturated rings. The Kier molecular flexibility index (Phi) is 7.09. The molecule has 0 atom stereocenters. The van der Waals surface area contributed by atoms with Crippen LogP contribution in [0.5, 0.6) is 11.5 Å². The second-order valence-corrected chi connectivity index (χ2v) is 6.18. The minimum Gasteiger partial charge on any atom is -0.493 e. The lowest BCUT2D eigenvalue weighted by Gasteiger charge is -2.24. The van der Waals surface area contributed by atoms with E-state index in [9.17, 15) is 9.59 Å². The Labute approximate surface area is 143 Å². The van der Waals surface area contributed by atoms with E-state index in [0.717, 1.165) is 12.3 Å². The molecule has 1 aliphatic carbocycles. The number of rotatable bonds is 10. The number of methoxy groups -OCH3 is 1. The normalized spacial score (nSPS) is 13.9. The first-order valence-electron chi connectivity index (χ1n) is 8.57. The fraction of sp³-hybridized carbons (Fsp3) is 0.579. The van der Waals surface area contributed by atoms with Gasteiger partial charge in [0, 0.05) is 12.0 Å². The molecule has 1 saturated carbocycles. The highest BCUT2D eigenvalue weighted by molar-refractivity contribution is 5.94. The molecule has 0 heterocycles. The Balaban J connectivity index is 1.65. The Hall–Kier alpha value is -2.04. The standard InChI is InChI=1S/C19H26O5/c1-14(20)16-8-9-17(18(13-16)22-2)23-11-4-7-19(21)24-12-10-15-5-3-6-15/h8-9,13,15H,3-7,10-12H2,1-2H3. The second kappa shape index (κ2) is 9.30. The summed E-state index contributed by atoms with van der Waals surface area (Å²) in [5.74, 6) is 1.65. The van der Waals surface area contributed by atoms with Crippen molar-refractivity contribution in [2.75, 3.05) is 20.3 Å². The Bertz CT molecular complexity index is 563. The van der Waals surface area contributed by atoms with Gasteiger partial charge in [0.2, 0.25) is 0 Å². The van der Waals surface area contributed by atoms with Crippen LogP contribution in [0.3, 0.4) is 0 Å². The number of ether oxygens (including phenoxy) is 3. The number of hydrogen-bond acceptors (Lipinski definition) is 5. The molecule has 1 aliphatic rings. The molecule has 5 nitrogen and oxygen atoms in total. The van der Waals surface area contributed by atoms with E-state index in [1.165, 1.54) is 33.3 Å². The first-order chi connectivity index (χ1) is 11.6. The lowest BCUT2D eigenvalue weighted by molar-refractivity contribution is -0.144. The summed E-state index contributed by atoms with van der Waals surface area (Å²) in [6.07, 6.45) is 5.78. The van der Waals surface area contributed by atoms with Gasteiger partial charge in [-0.05, 0) is 43.9 Å². The van der Waals surface area contributed by atoms with E-state index in [0.29, 0.717) is 43.1 Å². The first kappa shape index (κ1) is 18.3. The maximum atomic E-state index is 11.6. The maximum Gasteiger partial charge on any atom is 0.305 e. The van der Waals surface area contributed by atoms with Gasteiger partial charge in [0.15, 0.2) is 17.3 Å². The number of Topliss-reactive ketones (excluding diaryl/α,β-unsaturated/α-hetero) is 1. The molecular weight excluding hydrogens is 308 g/mol. The van der Waals surface area contributed by atoms with Crippen LogP contribution in [0, 0.1) is 5.92 Å². The van der Waals surface area contributed by atoms with E-state index in [2.05, 4.69) is 0 Å². The van der Waals surface area contributed by atoms with Gasteiger partial charge in [0.1, 0.15) is 0 Å². The van der Waals surface area contributed by atoms with Crippen LogP contribution in [-0.4, -0.2) is 32.1 Å². The van der Waals surface area contributed by atoms with Crippen LogP contribution in [0.15, 0.2) is 18.2 Å². The molecule has 5 heteroatoms. The van der Waals surface area contributed by atoms with Crippen LogP contribution >= 0.6 is 0 Å². The minimum absolute atomic E-state index is 0.0236. The molecule has 0 bridgehead atoms. The van der Waals surface area contributed by atoms with Crippen molar-refractivity contribution in [2.45, 2.75) is 45.4 Å². The topological polar surface area (TPSA) is 61.8 Å². The fourth-order valence-corrected chi connectivity index (χ4v) is 2.60. The van der Waals surface area contributed by atoms with Gasteiger partial charge in [0.05, 0.1) is 20.3 Å². The molecule has 0 aromatic heterocycles. The monoisotopic (exact) mass is 334 g/mol. The molecule has 132 valence electrons. The number of esters is 1. The Morgan fingerprint density at radius 3 is 2.58 bits per heavy atom. The summed E-state index contributed by atoms with van der Waals surface area (Å²) in [7, 11) is 1.53. The fourth-order valence-electron chi connectivity index (χ4n) is 2.60. The first-order valence-corrected chi connectivity index (χ1v) is 8.57. The average Bonchev–Trinajstić information content (AvgIpc) is 2.53. The zero-order chi connectivity index (χ0) is 17.4. The van der Waals surface area contributed by atoms with Gasteiger partial charge >= 0.3 is 5.97 Å². The van der Waals surface area contributed by atoms with Crippen molar-refractivity contribution in [3.05, 3.63) is 23.8 Å². The SMILES string of the molecule is COc1cc(C(C)=O)ccc1OCCCC(=O)OCCC1CCC1. The van der Waals surface area contributed by atoms with Crippen LogP contribution in [0.2, 0.25) is 0 Å². The zero-order valence-electron chi connectivity index (χ0n) is 14.5. The quantitative estimate of drug-likeness (QED) is 0.370. The molecule has 0 radical (unpaired) electrons. The van der Waals surface area contributed by atoms with E-state index < -0.39 is 0 Å². The van der Waals surface area contributed by atoms with Crippen molar-refractivity contribution in [2.24, 2.45) is 5.92 Å². The summed E-state index contributed by atoms with van der Waals surface area (Å²) in [5.41, 5.74) is 0.578. The van der Waals surface area contributed by atoms with Crippen molar-refractivity contribution in [3.63, 3.8) is 0 Å². The molecule has 0 amide bonds. The number of hydrogen-bond donors (Lipinski definition) is 0. The molecule has 24 heavy (non-hydrogen) atoms. The molecular formula is C19H26O5. The highest BCUT2D eigenvalue weighted by atomic mass is 16.5. The summed E-state index contributed by atoms with van der Waals surface area (Å²) in [4.78, 5) is 23.0. The zero-order valence-corrected chi connectivity index (χ0v) is 14.5. The van der Waals surface area contributed by atoms with Crippen molar-refractivity contribution >= 4 is 11.8 Å². The van der Waals surface area contributed by atoms with Crippen LogP contribution in [0.1, 0.15) is 55.8 Å². The van der Waals surface area contributed by atoms with E-state index in [-0.39, 0.29) is 11.8 Å². The van der Waals surface area contributed by atoms with Crippen LogP contribution in [-0.2, 0) is 9.53 Å². The Morgan fingerprint density at radius 2 is 1.96 bits per heavy atom. The highest BCUT2D eigenvalue weighted by Crippen LogP contribution is 2.29. The predicted octanol–water partition coefficient (Wildman–Crippen LogP) is 3.79. The summed E-state index contributed by atoms with van der Waals surface area (Å²) < 4.78 is 16.1. The molecule has 1 aromatic rings. The summed E-state index contributed by atoms with van der Waals surface area (Å²) in [5, 5.41) is 0. The van der Waals surface area contributed by atoms with E-state index in [1.54, 1.807) is 18.2 Å². The van der Waals surface area contributed by atoms with E-state index in [4.69, 9.17) is 14.2 Å². The lowest BCUT2D eigenvalue weighted by Crippen LogP contribution is -2.15. The number of ketones is 1. The lowest BCUT2D eigenvalue weighted by atomic mass is 9.83. The van der Waals surface area contributed by atoms with Gasteiger partial charge in [-0.15, -0.1) is 0 Å². The Morgan fingerprint density at radius 1 is 1.17 bits per heavy atom. The summed E-state index contributed by atoms with van der Waals surface area (Å²) >= 11 is 0. The van der Waals surface area contributed by atoms with Crippen LogP contribution in [0.4, 0.5) is 0 Å². The second-order valence-electron chi connectivity index (χ2n) is 6.18. The summed E-state index contributed by atoms with van der Waals surface area (Å²) in [6, 6.07) is 5.08. The average molecular weight is 334 g/mol. The highest BCUT2D eigenvalue weighted by Gasteiger charge is 2.17. The number of carbonyl (C=O) groups is 2. The molecule has 0 unspecified atom stereocenters. The molecule has 0 saturated heterocycles. The van der Waals surface area contributed by atoms with Gasteiger partial charge in [-0.2, -0.15) is 0 Å². The van der Waals surface area contributed by atoms with E-state index in [1.807, 2.05) is 0 Å². The van der Waals surface area contributed by atoms with E-state index >= 15 is 0 Å². The maximum absolute atomic E-state index is 11.6. The third-order valence-electron chi connectivity index (χ3n) is 4.37. The number of benzene rings is 1. The third kappa shape index (κ3) is 5.55. The van der Waals surface area contributed by atoms with Crippen molar-refractivity contribution < 1.29 is 23.8 Å². The van der Waals surface area contributed by atoms with Gasteiger partial charge in [-0.1, -0.05) is 19.3 Å². The molecule has 0 aliphatic heterocycles. The third-order valence-corrected chi connectivity index (χ3v) is 4.37. The van der Waals surface area contributed by atoms with Gasteiger partial charge in [-0.25, -0.2) is 0 Å². The largest absolute Gasteiger partial charge is 0.493 e. The molecule has 0 N–H and O–H groups in total. The minimum atomic E-state index is -0.170. The predicted molar refractivity (Wildman–Crippen MR) is 90.6 cm³/mol. The summed E-state index contributed by atoms with van der Waals surface area (Å²) in [6.45, 7) is 2.43. The van der Waals surface area contributed by atoms with Gasteiger partial charge < -0.3 is 14.2 Å². The molecule has 2 rings (SSSR count). The molecule has 1 aromatic carbocycles. The molecule has 0 spiro atoms. The van der Waals surface area contributed by atoms with Crippen molar-refractivity contribution in [1.29, 1.82) is 0 Å². The van der Waals surface area contributed by atoms with Crippen molar-refractivity contribution in [1.82, 2.24) is 0 Å². The number of carbonyl (C=O) groups excluding carboxylic acids is 2. The van der Waals surface area contributed by atoms with Crippen LogP contribution in [0.25, 0.3) is 0 Å². The van der Waals surface area contributed by atoms with Crippen LogP contribution < -0.4 is 9.47 Å². The smallest absolute Gasteiger partial charge is 0.305 e. The van der Waals surface area contributed by atoms with Gasteiger partial charge in [0.25, 0.3) is 0 Å². The van der Waals surface area contributed by atoms with Gasteiger partial charge in [-0.3, -0.25) is 9.59 Å².